The summed E-state index contributed by atoms with van der Waals surface area (Å²) in [6, 6.07) is 5.04. The quantitative estimate of drug-likeness (QED) is 0.142. The third kappa shape index (κ3) is 6.18. The van der Waals surface area contributed by atoms with Gasteiger partial charge in [-0.2, -0.15) is 0 Å². The van der Waals surface area contributed by atoms with E-state index in [9.17, 15) is 18.0 Å². The molecule has 2 rings (SSSR count). The molecule has 0 radical (unpaired) electrons. The largest absolute Gasteiger partial charge is 0.393 e. The van der Waals surface area contributed by atoms with Crippen molar-refractivity contribution >= 4 is 46.1 Å². The average Bonchev–Trinajstić information content (AvgIpc) is 2.72. The highest BCUT2D eigenvalue weighted by Crippen LogP contribution is 2.30. The summed E-state index contributed by atoms with van der Waals surface area (Å²) >= 11 is 1.89. The molecule has 2 aromatic rings. The maximum absolute atomic E-state index is 14.8. The van der Waals surface area contributed by atoms with Gasteiger partial charge in [0.25, 0.3) is 5.91 Å². The van der Waals surface area contributed by atoms with Crippen molar-refractivity contribution in [3.63, 3.8) is 0 Å². The first-order valence-electron chi connectivity index (χ1n) is 8.42. The van der Waals surface area contributed by atoms with Crippen LogP contribution in [0.15, 0.2) is 42.1 Å². The van der Waals surface area contributed by atoms with Crippen LogP contribution in [0.5, 0.6) is 0 Å². The van der Waals surface area contributed by atoms with Crippen LogP contribution >= 0.6 is 22.6 Å². The third-order valence-electron chi connectivity index (χ3n) is 3.49. The Morgan fingerprint density at radius 3 is 2.70 bits per heavy atom. The minimum absolute atomic E-state index is 0.0345. The molecule has 0 unspecified atom stereocenters. The number of carbonyl (C=O) groups excluding carboxylic acids is 1. The number of hydrogen-bond donors (Lipinski definition) is 3. The van der Waals surface area contributed by atoms with Crippen molar-refractivity contribution in [1.29, 1.82) is 0 Å². The van der Waals surface area contributed by atoms with E-state index in [-0.39, 0.29) is 31.1 Å². The highest BCUT2D eigenvalue weighted by Gasteiger charge is 2.23. The van der Waals surface area contributed by atoms with Gasteiger partial charge in [-0.1, -0.05) is 11.2 Å². The topological polar surface area (TPSA) is 92.2 Å². The third-order valence-corrected chi connectivity index (χ3v) is 4.16. The van der Waals surface area contributed by atoms with E-state index in [1.807, 2.05) is 22.6 Å². The number of halogens is 4. The smallest absolute Gasteiger partial charge is 0.277 e. The van der Waals surface area contributed by atoms with E-state index in [0.717, 1.165) is 12.3 Å². The lowest BCUT2D eigenvalue weighted by molar-refractivity contribution is 0.0422. The molecular formula is C19H17F3IN3O4. The fraction of sp³-hybridized carbons (Fsp3) is 0.158. The van der Waals surface area contributed by atoms with E-state index < -0.39 is 34.6 Å². The van der Waals surface area contributed by atoms with E-state index in [1.165, 1.54) is 18.2 Å². The molecule has 0 aliphatic carbocycles. The Kier molecular flexibility index (Phi) is 9.08. The number of aliphatic hydroxyl groups is 1. The summed E-state index contributed by atoms with van der Waals surface area (Å²) in [5.41, 5.74) is 0.511. The average molecular weight is 535 g/mol. The van der Waals surface area contributed by atoms with Gasteiger partial charge < -0.3 is 15.3 Å². The van der Waals surface area contributed by atoms with E-state index in [2.05, 4.69) is 27.4 Å². The number of hydroxylamine groups is 1. The first kappa shape index (κ1) is 23.6. The highest BCUT2D eigenvalue weighted by atomic mass is 127. The van der Waals surface area contributed by atoms with E-state index in [4.69, 9.17) is 9.94 Å². The van der Waals surface area contributed by atoms with Gasteiger partial charge in [0, 0.05) is 9.13 Å². The van der Waals surface area contributed by atoms with Crippen molar-refractivity contribution in [2.24, 2.45) is 5.16 Å². The summed E-state index contributed by atoms with van der Waals surface area (Å²) in [4.78, 5) is 21.9. The summed E-state index contributed by atoms with van der Waals surface area (Å²) < 4.78 is 44.1. The van der Waals surface area contributed by atoms with Crippen LogP contribution in [0, 0.1) is 21.0 Å². The molecule has 0 saturated heterocycles. The lowest BCUT2D eigenvalue weighted by atomic mass is 10.1. The molecule has 0 atom stereocenters. The molecule has 3 N–H and O–H groups in total. The highest BCUT2D eigenvalue weighted by molar-refractivity contribution is 14.1. The lowest BCUT2D eigenvalue weighted by Crippen LogP contribution is -2.25. The van der Waals surface area contributed by atoms with Gasteiger partial charge in [0.15, 0.2) is 11.6 Å². The van der Waals surface area contributed by atoms with Gasteiger partial charge in [0.2, 0.25) is 0 Å². The number of nitrogens with zero attached hydrogens (tertiary/aromatic N) is 1. The molecule has 1 amide bonds. The number of aliphatic hydroxyl groups excluding tert-OH is 1. The molecule has 0 bridgehead atoms. The van der Waals surface area contributed by atoms with Crippen LogP contribution in [0.1, 0.15) is 15.9 Å². The predicted octanol–water partition coefficient (Wildman–Crippen LogP) is 3.64. The number of oxime groups is 1. The molecule has 0 saturated carbocycles. The predicted molar refractivity (Wildman–Crippen MR) is 113 cm³/mol. The van der Waals surface area contributed by atoms with Gasteiger partial charge in [-0.15, -0.1) is 6.58 Å². The van der Waals surface area contributed by atoms with E-state index >= 15 is 0 Å². The van der Waals surface area contributed by atoms with Gasteiger partial charge in [0.1, 0.15) is 12.4 Å². The van der Waals surface area contributed by atoms with Crippen LogP contribution in [0.2, 0.25) is 0 Å². The molecule has 0 aliphatic rings. The van der Waals surface area contributed by atoms with Crippen LogP contribution in [0.25, 0.3) is 0 Å². The number of rotatable bonds is 10. The Hall–Kier alpha value is -2.64. The van der Waals surface area contributed by atoms with Gasteiger partial charge in [-0.3, -0.25) is 9.63 Å². The SMILES string of the molecule is C=CCONC(=O)c1cc(/C=N/OCCO)c(F)c(F)c1Nc1ccc(I)cc1F. The van der Waals surface area contributed by atoms with Gasteiger partial charge in [-0.05, 0) is 46.9 Å². The number of anilines is 2. The van der Waals surface area contributed by atoms with Crippen molar-refractivity contribution in [2.75, 3.05) is 25.1 Å². The summed E-state index contributed by atoms with van der Waals surface area (Å²) in [5, 5.41) is 14.5. The second-order valence-corrected chi connectivity index (χ2v) is 6.83. The number of nitrogens with one attached hydrogen (secondary N) is 2. The number of hydrogen-bond acceptors (Lipinski definition) is 6. The molecule has 0 spiro atoms. The normalized spacial score (nSPS) is 10.8. The van der Waals surface area contributed by atoms with Crippen molar-refractivity contribution < 1.29 is 32.7 Å². The summed E-state index contributed by atoms with van der Waals surface area (Å²) in [7, 11) is 0. The maximum Gasteiger partial charge on any atom is 0.277 e. The zero-order valence-corrected chi connectivity index (χ0v) is 17.6. The van der Waals surface area contributed by atoms with E-state index in [1.54, 1.807) is 6.07 Å². The molecular weight excluding hydrogens is 518 g/mol. The number of benzene rings is 2. The van der Waals surface area contributed by atoms with Gasteiger partial charge in [0.05, 0.1) is 36.4 Å². The van der Waals surface area contributed by atoms with Crippen LogP contribution in [0.3, 0.4) is 0 Å². The molecule has 0 aromatic heterocycles. The van der Waals surface area contributed by atoms with Crippen LogP contribution in [0.4, 0.5) is 24.5 Å². The first-order chi connectivity index (χ1) is 14.4. The van der Waals surface area contributed by atoms with Crippen LogP contribution in [-0.2, 0) is 9.68 Å². The monoisotopic (exact) mass is 535 g/mol. The zero-order valence-electron chi connectivity index (χ0n) is 15.4. The minimum atomic E-state index is -1.44. The number of amides is 1. The van der Waals surface area contributed by atoms with Gasteiger partial charge in [-0.25, -0.2) is 18.7 Å². The number of carbonyl (C=O) groups is 1. The first-order valence-corrected chi connectivity index (χ1v) is 9.50. The van der Waals surface area contributed by atoms with Crippen LogP contribution < -0.4 is 10.8 Å². The molecule has 0 aliphatic heterocycles. The Morgan fingerprint density at radius 2 is 2.03 bits per heavy atom. The molecule has 30 heavy (non-hydrogen) atoms. The van der Waals surface area contributed by atoms with Crippen molar-refractivity contribution in [1.82, 2.24) is 5.48 Å². The Bertz CT molecular complexity index is 957. The summed E-state index contributed by atoms with van der Waals surface area (Å²) in [5.74, 6) is -4.43. The molecule has 2 aromatic carbocycles. The molecule has 7 nitrogen and oxygen atoms in total. The van der Waals surface area contributed by atoms with Crippen molar-refractivity contribution in [3.05, 3.63) is 69.1 Å². The second kappa shape index (κ2) is 11.5. The summed E-state index contributed by atoms with van der Waals surface area (Å²) in [6.07, 6.45) is 2.20. The van der Waals surface area contributed by atoms with Crippen molar-refractivity contribution in [3.8, 4) is 0 Å². The molecule has 0 heterocycles. The lowest BCUT2D eigenvalue weighted by Gasteiger charge is -2.15. The summed E-state index contributed by atoms with van der Waals surface area (Å²) in [6.45, 7) is 2.90. The molecule has 160 valence electrons. The molecule has 0 fully saturated rings. The molecule has 11 heteroatoms. The Morgan fingerprint density at radius 1 is 1.27 bits per heavy atom. The van der Waals surface area contributed by atoms with Gasteiger partial charge >= 0.3 is 0 Å². The fourth-order valence-electron chi connectivity index (χ4n) is 2.18. The fourth-order valence-corrected chi connectivity index (χ4v) is 2.63. The zero-order chi connectivity index (χ0) is 22.1. The van der Waals surface area contributed by atoms with Crippen molar-refractivity contribution in [2.45, 2.75) is 0 Å². The minimum Gasteiger partial charge on any atom is -0.393 e. The standard InChI is InChI=1S/C19H17F3IN3O4/c1-2-6-30-26-19(28)13-8-11(10-24-29-7-5-27)16(21)17(22)18(13)25-15-4-3-12(23)9-14(15)20/h2-4,8-10,25,27H,1,5-7H2,(H,26,28)/b24-10+. The Balaban J connectivity index is 2.48. The Labute approximate surface area is 183 Å². The van der Waals surface area contributed by atoms with Crippen LogP contribution in [-0.4, -0.2) is 37.0 Å². The van der Waals surface area contributed by atoms with E-state index in [0.29, 0.717) is 3.57 Å². The maximum atomic E-state index is 14.8. The second-order valence-electron chi connectivity index (χ2n) is 5.59.